The van der Waals surface area contributed by atoms with Crippen molar-refractivity contribution in [2.24, 2.45) is 0 Å². The van der Waals surface area contributed by atoms with Gasteiger partial charge < -0.3 is 16.9 Å². The van der Waals surface area contributed by atoms with E-state index in [1.54, 1.807) is 0 Å². The van der Waals surface area contributed by atoms with Crippen molar-refractivity contribution >= 4 is 6.08 Å². The topological polar surface area (TPSA) is 3.24 Å². The normalized spacial score (nSPS) is 20.9. The smallest absolute Gasteiger partial charge is 0.0916 e. The van der Waals surface area contributed by atoms with E-state index in [1.165, 1.54) is 86.1 Å². The van der Waals surface area contributed by atoms with Crippen LogP contribution < -0.4 is 12.4 Å². The van der Waals surface area contributed by atoms with Crippen LogP contribution in [0.25, 0.3) is 6.08 Å². The molecule has 0 amide bonds. The molecule has 0 saturated carbocycles. The quantitative estimate of drug-likeness (QED) is 0.666. The van der Waals surface area contributed by atoms with Crippen molar-refractivity contribution in [3.8, 4) is 0 Å². The molecular weight excluding hydrogens is 388 g/mol. The Hall–Kier alpha value is -1.61. The van der Waals surface area contributed by atoms with Crippen LogP contribution in [0, 0.1) is 0 Å². The Morgan fingerprint density at radius 2 is 1.40 bits per heavy atom. The summed E-state index contributed by atoms with van der Waals surface area (Å²) in [5.74, 6) is 0. The number of hydrogen-bond acceptors (Lipinski definition) is 1. The highest BCUT2D eigenvalue weighted by Gasteiger charge is 2.35. The fraction of sp³-hybridized carbons (Fsp3) is 0.481. The van der Waals surface area contributed by atoms with E-state index in [4.69, 9.17) is 0 Å². The van der Waals surface area contributed by atoms with Gasteiger partial charge in [0, 0.05) is 19.1 Å². The minimum Gasteiger partial charge on any atom is -1.00 e. The molecule has 2 nitrogen and oxygen atoms in total. The van der Waals surface area contributed by atoms with E-state index >= 15 is 0 Å². The van der Waals surface area contributed by atoms with E-state index in [9.17, 15) is 0 Å². The zero-order valence-electron chi connectivity index (χ0n) is 18.5. The molecule has 0 aromatic heterocycles. The van der Waals surface area contributed by atoms with Gasteiger partial charge in [0.2, 0.25) is 0 Å². The first kappa shape index (κ1) is 23.1. The zero-order valence-corrected chi connectivity index (χ0v) is 19.2. The average Bonchev–Trinajstić information content (AvgIpc) is 3.00. The van der Waals surface area contributed by atoms with Crippen molar-refractivity contribution in [1.82, 2.24) is 4.90 Å². The fourth-order valence-corrected chi connectivity index (χ4v) is 5.25. The molecule has 1 atom stereocenters. The Morgan fingerprint density at radius 1 is 0.833 bits per heavy atom. The van der Waals surface area contributed by atoms with Gasteiger partial charge in [0.1, 0.15) is 0 Å². The molecule has 1 unspecified atom stereocenters. The number of rotatable bonds is 5. The van der Waals surface area contributed by atoms with Crippen molar-refractivity contribution in [2.45, 2.75) is 45.1 Å². The lowest BCUT2D eigenvalue weighted by Crippen LogP contribution is -3.00. The second-order valence-electron chi connectivity index (χ2n) is 9.15. The lowest BCUT2D eigenvalue weighted by molar-refractivity contribution is -0.931. The van der Waals surface area contributed by atoms with Gasteiger partial charge in [0.25, 0.3) is 0 Å². The summed E-state index contributed by atoms with van der Waals surface area (Å²) in [4.78, 5) is 2.74. The van der Waals surface area contributed by atoms with Crippen LogP contribution in [-0.2, 0) is 6.42 Å². The average molecular weight is 425 g/mol. The van der Waals surface area contributed by atoms with Gasteiger partial charge in [-0.3, -0.25) is 4.90 Å². The highest BCUT2D eigenvalue weighted by molar-refractivity contribution is 5.55. The number of hydrogen-bond donors (Lipinski definition) is 0. The summed E-state index contributed by atoms with van der Waals surface area (Å²) in [7, 11) is 0. The summed E-state index contributed by atoms with van der Waals surface area (Å²) in [6.07, 6.45) is 9.23. The van der Waals surface area contributed by atoms with E-state index in [0.717, 1.165) is 6.42 Å². The molecule has 2 aromatic rings. The fourth-order valence-electron chi connectivity index (χ4n) is 5.25. The first-order valence-corrected chi connectivity index (χ1v) is 11.6. The summed E-state index contributed by atoms with van der Waals surface area (Å²) in [5.41, 5.74) is 4.26. The molecular formula is C27H37ClN2. The van der Waals surface area contributed by atoms with Crippen LogP contribution in [0.3, 0.4) is 0 Å². The number of quaternary nitrogens is 1. The van der Waals surface area contributed by atoms with Gasteiger partial charge in [-0.2, -0.15) is 0 Å². The van der Waals surface area contributed by atoms with Crippen LogP contribution in [0.1, 0.15) is 43.7 Å². The van der Waals surface area contributed by atoms with Crippen molar-refractivity contribution in [2.75, 3.05) is 39.3 Å². The van der Waals surface area contributed by atoms with Gasteiger partial charge in [-0.05, 0) is 55.7 Å². The van der Waals surface area contributed by atoms with Crippen molar-refractivity contribution in [3.05, 3.63) is 77.4 Å². The molecule has 4 rings (SSSR count). The minimum atomic E-state index is 0. The molecule has 2 aliphatic heterocycles. The van der Waals surface area contributed by atoms with Crippen molar-refractivity contribution < 1.29 is 16.9 Å². The zero-order chi connectivity index (χ0) is 19.9. The van der Waals surface area contributed by atoms with Crippen molar-refractivity contribution in [1.29, 1.82) is 0 Å². The third kappa shape index (κ3) is 5.97. The molecule has 2 aromatic carbocycles. The van der Waals surface area contributed by atoms with Crippen LogP contribution in [-0.4, -0.2) is 54.7 Å². The molecule has 2 saturated heterocycles. The lowest BCUT2D eigenvalue weighted by Gasteiger charge is -2.46. The molecule has 3 heteroatoms. The molecule has 2 heterocycles. The van der Waals surface area contributed by atoms with E-state index in [2.05, 4.69) is 78.6 Å². The maximum absolute atomic E-state index is 2.74. The van der Waals surface area contributed by atoms with Gasteiger partial charge in [-0.25, -0.2) is 0 Å². The Bertz CT molecular complexity index is 769. The maximum Gasteiger partial charge on any atom is 0.0916 e. The predicted molar refractivity (Wildman–Crippen MR) is 124 cm³/mol. The standard InChI is InChI=1S/C27H37N2.ClH/c1-24(28-16-20-29(21-17-28)18-10-2-3-11-19-29)27(22-25-12-6-4-7-13-25)23-26-14-8-5-9-15-26;/h4-9,12-15,22,24H,2-3,10-11,16-21,23H2,1H3;1H/q+1;/p-1. The van der Waals surface area contributed by atoms with Crippen LogP contribution in [0.15, 0.2) is 66.2 Å². The van der Waals surface area contributed by atoms with Crippen LogP contribution >= 0.6 is 0 Å². The summed E-state index contributed by atoms with van der Waals surface area (Å²) in [6.45, 7) is 10.4. The Kier molecular flexibility index (Phi) is 8.56. The van der Waals surface area contributed by atoms with Gasteiger partial charge >= 0.3 is 0 Å². The summed E-state index contributed by atoms with van der Waals surface area (Å²) < 4.78 is 1.39. The van der Waals surface area contributed by atoms with Gasteiger partial charge in [0.05, 0.1) is 26.2 Å². The summed E-state index contributed by atoms with van der Waals surface area (Å²) >= 11 is 0. The van der Waals surface area contributed by atoms with Crippen LogP contribution in [0.5, 0.6) is 0 Å². The highest BCUT2D eigenvalue weighted by Crippen LogP contribution is 2.25. The molecule has 2 aliphatic rings. The van der Waals surface area contributed by atoms with Gasteiger partial charge in [0.15, 0.2) is 0 Å². The minimum absolute atomic E-state index is 0. The lowest BCUT2D eigenvalue weighted by atomic mass is 9.95. The Morgan fingerprint density at radius 3 is 2.00 bits per heavy atom. The second kappa shape index (κ2) is 11.1. The number of halogens is 1. The first-order valence-electron chi connectivity index (χ1n) is 11.6. The molecule has 162 valence electrons. The number of benzene rings is 2. The molecule has 2 fully saturated rings. The first-order chi connectivity index (χ1) is 14.2. The van der Waals surface area contributed by atoms with Gasteiger partial charge in [-0.15, -0.1) is 0 Å². The predicted octanol–water partition coefficient (Wildman–Crippen LogP) is 2.41. The summed E-state index contributed by atoms with van der Waals surface area (Å²) in [5, 5.41) is 0. The van der Waals surface area contributed by atoms with E-state index in [0.29, 0.717) is 6.04 Å². The third-order valence-corrected chi connectivity index (χ3v) is 7.23. The van der Waals surface area contributed by atoms with Crippen LogP contribution in [0.4, 0.5) is 0 Å². The highest BCUT2D eigenvalue weighted by atomic mass is 35.5. The molecule has 0 radical (unpaired) electrons. The molecule has 0 bridgehead atoms. The largest absolute Gasteiger partial charge is 1.00 e. The Balaban J connectivity index is 0.00000256. The Labute approximate surface area is 189 Å². The van der Waals surface area contributed by atoms with Crippen molar-refractivity contribution in [3.63, 3.8) is 0 Å². The van der Waals surface area contributed by atoms with E-state index in [-0.39, 0.29) is 12.4 Å². The third-order valence-electron chi connectivity index (χ3n) is 7.23. The molecule has 0 N–H and O–H groups in total. The molecule has 0 aliphatic carbocycles. The SMILES string of the molecule is CC(C(=Cc1ccccc1)Cc1ccccc1)N1CC[N+]2(CCCCCC2)CC1.[Cl-]. The number of piperazine rings is 1. The monoisotopic (exact) mass is 424 g/mol. The second-order valence-corrected chi connectivity index (χ2v) is 9.15. The van der Waals surface area contributed by atoms with E-state index < -0.39 is 0 Å². The molecule has 1 spiro atoms. The maximum atomic E-state index is 2.74. The number of nitrogens with zero attached hydrogens (tertiary/aromatic N) is 2. The molecule has 30 heavy (non-hydrogen) atoms. The van der Waals surface area contributed by atoms with Gasteiger partial charge in [-0.1, -0.05) is 66.7 Å². The summed E-state index contributed by atoms with van der Waals surface area (Å²) in [6, 6.07) is 22.3. The van der Waals surface area contributed by atoms with E-state index in [1.807, 2.05) is 0 Å². The van der Waals surface area contributed by atoms with Crippen LogP contribution in [0.2, 0.25) is 0 Å².